The maximum absolute atomic E-state index is 12.4. The third kappa shape index (κ3) is 2.95. The molecule has 0 radical (unpaired) electrons. The van der Waals surface area contributed by atoms with E-state index in [0.717, 1.165) is 16.5 Å². The van der Waals surface area contributed by atoms with Crippen LogP contribution in [0.2, 0.25) is 0 Å². The number of phenolic OH excluding ortho intramolecular Hbond substituents is 1. The maximum atomic E-state index is 12.4. The molecule has 122 valence electrons. The molecule has 3 rings (SSSR count). The lowest BCUT2D eigenvalue weighted by molar-refractivity contribution is 0.102. The van der Waals surface area contributed by atoms with Gasteiger partial charge in [-0.3, -0.25) is 4.79 Å². The first-order chi connectivity index (χ1) is 11.5. The highest BCUT2D eigenvalue weighted by atomic mass is 79.9. The highest BCUT2D eigenvalue weighted by Gasteiger charge is 2.15. The summed E-state index contributed by atoms with van der Waals surface area (Å²) in [7, 11) is 1.47. The van der Waals surface area contributed by atoms with Crippen LogP contribution in [-0.2, 0) is 0 Å². The van der Waals surface area contributed by atoms with Gasteiger partial charge in [-0.05, 0) is 52.7 Å². The summed E-state index contributed by atoms with van der Waals surface area (Å²) in [5, 5.41) is 10.8. The lowest BCUT2D eigenvalue weighted by Gasteiger charge is -2.06. The summed E-state index contributed by atoms with van der Waals surface area (Å²) in [5.74, 6) is 0.467. The molecule has 1 N–H and O–H groups in total. The summed E-state index contributed by atoms with van der Waals surface area (Å²) >= 11 is 3.26. The molecule has 0 atom stereocenters. The minimum atomic E-state index is -0.216. The number of aryl methyl sites for hydroxylation is 1. The number of ketones is 1. The third-order valence-electron chi connectivity index (χ3n) is 3.77. The van der Waals surface area contributed by atoms with Gasteiger partial charge >= 0.3 is 0 Å². The Bertz CT molecular complexity index is 953. The number of allylic oxidation sites excluding steroid dienone is 1. The molecule has 0 spiro atoms. The Morgan fingerprint density at radius 3 is 2.75 bits per heavy atom. The first kappa shape index (κ1) is 16.3. The number of phenols is 1. The highest BCUT2D eigenvalue weighted by molar-refractivity contribution is 9.10. The van der Waals surface area contributed by atoms with Gasteiger partial charge in [-0.2, -0.15) is 0 Å². The Morgan fingerprint density at radius 1 is 1.29 bits per heavy atom. The molecule has 0 unspecified atom stereocenters. The van der Waals surface area contributed by atoms with Crippen LogP contribution in [0.3, 0.4) is 0 Å². The number of fused-ring (bicyclic) bond motifs is 1. The van der Waals surface area contributed by atoms with Gasteiger partial charge in [0.05, 0.1) is 11.6 Å². The van der Waals surface area contributed by atoms with Gasteiger partial charge in [-0.25, -0.2) is 0 Å². The van der Waals surface area contributed by atoms with E-state index in [9.17, 15) is 9.90 Å². The van der Waals surface area contributed by atoms with Crippen LogP contribution in [0.1, 0.15) is 21.7 Å². The monoisotopic (exact) mass is 386 g/mol. The largest absolute Gasteiger partial charge is 0.503 e. The van der Waals surface area contributed by atoms with Gasteiger partial charge in [0.25, 0.3) is 0 Å². The smallest absolute Gasteiger partial charge is 0.221 e. The fourth-order valence-electron chi connectivity index (χ4n) is 2.50. The second-order valence-electron chi connectivity index (χ2n) is 5.30. The zero-order valence-corrected chi connectivity index (χ0v) is 14.8. The molecule has 0 saturated heterocycles. The predicted molar refractivity (Wildman–Crippen MR) is 96.7 cm³/mol. The van der Waals surface area contributed by atoms with E-state index in [1.807, 2.05) is 31.2 Å². The molecule has 1 aromatic heterocycles. The molecule has 0 bridgehead atoms. The first-order valence-electron chi connectivity index (χ1n) is 7.28. The van der Waals surface area contributed by atoms with Crippen LogP contribution < -0.4 is 4.74 Å². The number of methoxy groups -OCH3 is 1. The number of aromatic hydroxyl groups is 1. The molecule has 0 aliphatic heterocycles. The van der Waals surface area contributed by atoms with Gasteiger partial charge in [0.2, 0.25) is 5.78 Å². The number of benzene rings is 2. The molecule has 0 amide bonds. The number of halogens is 1. The normalized spacial score (nSPS) is 11.3. The second kappa shape index (κ2) is 6.53. The van der Waals surface area contributed by atoms with Crippen LogP contribution >= 0.6 is 15.9 Å². The molecule has 24 heavy (non-hydrogen) atoms. The fraction of sp³-hybridized carbons (Fsp3) is 0.105. The molecule has 5 heteroatoms. The third-order valence-corrected chi connectivity index (χ3v) is 4.37. The molecule has 3 aromatic rings. The lowest BCUT2D eigenvalue weighted by Crippen LogP contribution is -1.94. The zero-order chi connectivity index (χ0) is 17.3. The molecule has 0 aliphatic rings. The van der Waals surface area contributed by atoms with E-state index >= 15 is 0 Å². The number of hydrogen-bond donors (Lipinski definition) is 1. The van der Waals surface area contributed by atoms with Crippen molar-refractivity contribution in [2.75, 3.05) is 7.11 Å². The molecule has 0 fully saturated rings. The zero-order valence-electron chi connectivity index (χ0n) is 13.2. The minimum Gasteiger partial charge on any atom is -0.503 e. The number of furan rings is 1. The number of carbonyl (C=O) groups excluding carboxylic acids is 1. The number of carbonyl (C=O) groups is 1. The van der Waals surface area contributed by atoms with Crippen LogP contribution in [0, 0.1) is 6.92 Å². The summed E-state index contributed by atoms with van der Waals surface area (Å²) in [4.78, 5) is 12.4. The SMILES string of the molecule is COc1cc(/C=C/C(=O)c2oc3ccccc3c2C)cc(Br)c1O. The maximum Gasteiger partial charge on any atom is 0.221 e. The van der Waals surface area contributed by atoms with Crippen LogP contribution in [-0.4, -0.2) is 18.0 Å². The second-order valence-corrected chi connectivity index (χ2v) is 6.16. The summed E-state index contributed by atoms with van der Waals surface area (Å²) in [6.45, 7) is 1.87. The number of ether oxygens (including phenoxy) is 1. The van der Waals surface area contributed by atoms with Crippen molar-refractivity contribution in [2.45, 2.75) is 6.92 Å². The first-order valence-corrected chi connectivity index (χ1v) is 8.07. The van der Waals surface area contributed by atoms with Crippen molar-refractivity contribution >= 4 is 38.8 Å². The Hall–Kier alpha value is -2.53. The van der Waals surface area contributed by atoms with Crippen LogP contribution in [0.5, 0.6) is 11.5 Å². The van der Waals surface area contributed by atoms with Gasteiger partial charge < -0.3 is 14.3 Å². The summed E-state index contributed by atoms with van der Waals surface area (Å²) < 4.78 is 11.3. The summed E-state index contributed by atoms with van der Waals surface area (Å²) in [6, 6.07) is 10.9. The summed E-state index contributed by atoms with van der Waals surface area (Å²) in [6.07, 6.45) is 3.10. The van der Waals surface area contributed by atoms with E-state index in [1.165, 1.54) is 13.2 Å². The standard InChI is InChI=1S/C19H15BrO4/c1-11-13-5-3-4-6-16(13)24-19(11)15(21)8-7-12-9-14(20)18(22)17(10-12)23-2/h3-10,22H,1-2H3/b8-7+. The Morgan fingerprint density at radius 2 is 2.04 bits per heavy atom. The Labute approximate surface area is 147 Å². The fourth-order valence-corrected chi connectivity index (χ4v) is 2.96. The van der Waals surface area contributed by atoms with Crippen molar-refractivity contribution in [2.24, 2.45) is 0 Å². The minimum absolute atomic E-state index is 0.0223. The number of rotatable bonds is 4. The molecular formula is C19H15BrO4. The molecule has 0 saturated carbocycles. The van der Waals surface area contributed by atoms with E-state index in [1.54, 1.807) is 18.2 Å². The molecule has 1 heterocycles. The lowest BCUT2D eigenvalue weighted by atomic mass is 10.1. The van der Waals surface area contributed by atoms with Gasteiger partial charge in [-0.1, -0.05) is 24.3 Å². The Kier molecular flexibility index (Phi) is 4.44. The number of para-hydroxylation sites is 1. The van der Waals surface area contributed by atoms with Crippen molar-refractivity contribution in [1.29, 1.82) is 0 Å². The van der Waals surface area contributed by atoms with E-state index in [-0.39, 0.29) is 11.5 Å². The topological polar surface area (TPSA) is 59.7 Å². The van der Waals surface area contributed by atoms with E-state index in [2.05, 4.69) is 15.9 Å². The Balaban J connectivity index is 1.92. The summed E-state index contributed by atoms with van der Waals surface area (Å²) in [5.41, 5.74) is 2.24. The van der Waals surface area contributed by atoms with Crippen molar-refractivity contribution in [3.05, 3.63) is 63.8 Å². The van der Waals surface area contributed by atoms with E-state index < -0.39 is 0 Å². The van der Waals surface area contributed by atoms with Crippen LogP contribution in [0.15, 0.2) is 51.4 Å². The molecule has 4 nitrogen and oxygen atoms in total. The molecule has 2 aromatic carbocycles. The average Bonchev–Trinajstić information content (AvgIpc) is 2.93. The van der Waals surface area contributed by atoms with Gasteiger partial charge in [0.15, 0.2) is 17.3 Å². The number of hydrogen-bond acceptors (Lipinski definition) is 4. The average molecular weight is 387 g/mol. The van der Waals surface area contributed by atoms with Crippen LogP contribution in [0.4, 0.5) is 0 Å². The van der Waals surface area contributed by atoms with Gasteiger partial charge in [0, 0.05) is 10.9 Å². The van der Waals surface area contributed by atoms with Crippen LogP contribution in [0.25, 0.3) is 17.0 Å². The van der Waals surface area contributed by atoms with Crippen molar-refractivity contribution in [3.63, 3.8) is 0 Å². The van der Waals surface area contributed by atoms with Crippen molar-refractivity contribution in [3.8, 4) is 11.5 Å². The van der Waals surface area contributed by atoms with Crippen molar-refractivity contribution in [1.82, 2.24) is 0 Å². The molecule has 0 aliphatic carbocycles. The molecular weight excluding hydrogens is 372 g/mol. The van der Waals surface area contributed by atoms with E-state index in [0.29, 0.717) is 21.6 Å². The van der Waals surface area contributed by atoms with Crippen molar-refractivity contribution < 1.29 is 19.1 Å². The quantitative estimate of drug-likeness (QED) is 0.499. The highest BCUT2D eigenvalue weighted by Crippen LogP contribution is 2.35. The van der Waals surface area contributed by atoms with Gasteiger partial charge in [0.1, 0.15) is 5.58 Å². The van der Waals surface area contributed by atoms with Gasteiger partial charge in [-0.15, -0.1) is 0 Å². The van der Waals surface area contributed by atoms with E-state index in [4.69, 9.17) is 9.15 Å². The predicted octanol–water partition coefficient (Wildman–Crippen LogP) is 5.11.